The van der Waals surface area contributed by atoms with E-state index in [1.807, 2.05) is 19.1 Å². The molecule has 25 heavy (non-hydrogen) atoms. The molecule has 0 spiro atoms. The van der Waals surface area contributed by atoms with E-state index < -0.39 is 0 Å². The molecule has 7 heteroatoms. The predicted molar refractivity (Wildman–Crippen MR) is 99.6 cm³/mol. The van der Waals surface area contributed by atoms with Crippen molar-refractivity contribution < 1.29 is 5.11 Å². The Hall–Kier alpha value is -2.60. The van der Waals surface area contributed by atoms with Crippen molar-refractivity contribution >= 4 is 28.3 Å². The molecule has 0 saturated carbocycles. The number of pyridine rings is 1. The number of halogens is 1. The first kappa shape index (κ1) is 17.2. The number of aryl methyl sites for hydroxylation is 1. The van der Waals surface area contributed by atoms with Gasteiger partial charge in [-0.2, -0.15) is 0 Å². The number of aromatic nitrogens is 3. The summed E-state index contributed by atoms with van der Waals surface area (Å²) in [6.07, 6.45) is 2.69. The van der Waals surface area contributed by atoms with E-state index in [4.69, 9.17) is 11.6 Å². The summed E-state index contributed by atoms with van der Waals surface area (Å²) in [5.41, 5.74) is 1.39. The minimum absolute atomic E-state index is 0.0159. The molecule has 0 aliphatic rings. The minimum atomic E-state index is -0.0927. The fraction of sp³-hybridized carbons (Fsp3) is 0.278. The number of hydrogen-bond donors (Lipinski definition) is 3. The smallest absolute Gasteiger partial charge is 0.251 e. The lowest BCUT2D eigenvalue weighted by Gasteiger charge is -2.12. The highest BCUT2D eigenvalue weighted by Gasteiger charge is 2.13. The largest absolute Gasteiger partial charge is 0.503 e. The quantitative estimate of drug-likeness (QED) is 0.649. The van der Waals surface area contributed by atoms with E-state index in [0.29, 0.717) is 35.1 Å². The van der Waals surface area contributed by atoms with Crippen molar-refractivity contribution in [2.45, 2.75) is 25.7 Å². The lowest BCUT2D eigenvalue weighted by Crippen LogP contribution is -2.15. The SMILES string of the molecule is CNc1nc(CC[C@@H](C)c2cc3cc(Cl)ccc3[nH]c2=O)ncc1O. The van der Waals surface area contributed by atoms with Gasteiger partial charge in [0.05, 0.1) is 6.20 Å². The van der Waals surface area contributed by atoms with Gasteiger partial charge in [-0.25, -0.2) is 9.97 Å². The minimum Gasteiger partial charge on any atom is -0.503 e. The van der Waals surface area contributed by atoms with Crippen molar-refractivity contribution in [2.75, 3.05) is 12.4 Å². The van der Waals surface area contributed by atoms with Crippen LogP contribution in [0.2, 0.25) is 5.02 Å². The first-order valence-electron chi connectivity index (χ1n) is 8.03. The molecule has 3 aromatic rings. The molecule has 0 aliphatic heterocycles. The molecule has 0 radical (unpaired) electrons. The van der Waals surface area contributed by atoms with Crippen molar-refractivity contribution in [2.24, 2.45) is 0 Å². The Labute approximate surface area is 149 Å². The van der Waals surface area contributed by atoms with E-state index in [-0.39, 0.29) is 17.2 Å². The van der Waals surface area contributed by atoms with Gasteiger partial charge in [-0.1, -0.05) is 18.5 Å². The number of nitrogens with zero attached hydrogens (tertiary/aromatic N) is 2. The normalized spacial score (nSPS) is 12.3. The first-order chi connectivity index (χ1) is 12.0. The van der Waals surface area contributed by atoms with Crippen LogP contribution < -0.4 is 10.9 Å². The average molecular weight is 359 g/mol. The molecule has 0 amide bonds. The van der Waals surface area contributed by atoms with E-state index in [1.54, 1.807) is 19.2 Å². The average Bonchev–Trinajstić information content (AvgIpc) is 2.60. The molecule has 0 unspecified atom stereocenters. The fourth-order valence-corrected chi connectivity index (χ4v) is 2.96. The van der Waals surface area contributed by atoms with E-state index >= 15 is 0 Å². The Morgan fingerprint density at radius 2 is 2.16 bits per heavy atom. The topological polar surface area (TPSA) is 90.9 Å². The molecule has 0 saturated heterocycles. The van der Waals surface area contributed by atoms with E-state index in [2.05, 4.69) is 20.3 Å². The summed E-state index contributed by atoms with van der Waals surface area (Å²) in [4.78, 5) is 23.7. The third-order valence-electron chi connectivity index (χ3n) is 4.22. The number of benzene rings is 1. The molecule has 0 fully saturated rings. The van der Waals surface area contributed by atoms with Crippen LogP contribution in [0.4, 0.5) is 5.82 Å². The zero-order chi connectivity index (χ0) is 18.0. The van der Waals surface area contributed by atoms with Crippen LogP contribution in [0.25, 0.3) is 10.9 Å². The molecular weight excluding hydrogens is 340 g/mol. The maximum Gasteiger partial charge on any atom is 0.251 e. The molecule has 3 N–H and O–H groups in total. The Bertz CT molecular complexity index is 971. The summed E-state index contributed by atoms with van der Waals surface area (Å²) in [6.45, 7) is 2.00. The molecule has 2 aromatic heterocycles. The lowest BCUT2D eigenvalue weighted by molar-refractivity contribution is 0.470. The Morgan fingerprint density at radius 3 is 2.92 bits per heavy atom. The molecule has 3 rings (SSSR count). The molecule has 2 heterocycles. The van der Waals surface area contributed by atoms with Crippen LogP contribution in [0.15, 0.2) is 35.3 Å². The van der Waals surface area contributed by atoms with Crippen molar-refractivity contribution in [3.05, 3.63) is 57.2 Å². The maximum atomic E-state index is 12.4. The van der Waals surface area contributed by atoms with Crippen LogP contribution in [0.3, 0.4) is 0 Å². The van der Waals surface area contributed by atoms with Crippen molar-refractivity contribution in [3.63, 3.8) is 0 Å². The third kappa shape index (κ3) is 3.74. The molecular formula is C18H19ClN4O2. The van der Waals surface area contributed by atoms with Gasteiger partial charge < -0.3 is 15.4 Å². The van der Waals surface area contributed by atoms with Crippen LogP contribution >= 0.6 is 11.6 Å². The zero-order valence-corrected chi connectivity index (χ0v) is 14.8. The highest BCUT2D eigenvalue weighted by molar-refractivity contribution is 6.31. The summed E-state index contributed by atoms with van der Waals surface area (Å²) in [5.74, 6) is 1.06. The van der Waals surface area contributed by atoms with Crippen LogP contribution in [-0.2, 0) is 6.42 Å². The van der Waals surface area contributed by atoms with Gasteiger partial charge in [0.2, 0.25) is 0 Å². The molecule has 6 nitrogen and oxygen atoms in total. The second kappa shape index (κ2) is 7.11. The highest BCUT2D eigenvalue weighted by atomic mass is 35.5. The fourth-order valence-electron chi connectivity index (χ4n) is 2.78. The maximum absolute atomic E-state index is 12.4. The Balaban J connectivity index is 1.81. The molecule has 1 atom stereocenters. The van der Waals surface area contributed by atoms with E-state index in [0.717, 1.165) is 10.9 Å². The number of rotatable bonds is 5. The third-order valence-corrected chi connectivity index (χ3v) is 4.46. The molecule has 0 aliphatic carbocycles. The van der Waals surface area contributed by atoms with Gasteiger partial charge in [0.1, 0.15) is 5.82 Å². The van der Waals surface area contributed by atoms with Gasteiger partial charge in [0.15, 0.2) is 11.6 Å². The first-order valence-corrected chi connectivity index (χ1v) is 8.41. The summed E-state index contributed by atoms with van der Waals surface area (Å²) in [5, 5.41) is 14.0. The summed E-state index contributed by atoms with van der Waals surface area (Å²) in [6, 6.07) is 7.29. The number of H-pyrrole nitrogens is 1. The number of aromatic hydroxyl groups is 1. The Kier molecular flexibility index (Phi) is 4.90. The second-order valence-corrected chi connectivity index (χ2v) is 6.43. The highest BCUT2D eigenvalue weighted by Crippen LogP contribution is 2.24. The van der Waals surface area contributed by atoms with Gasteiger partial charge in [-0.3, -0.25) is 4.79 Å². The monoisotopic (exact) mass is 358 g/mol. The molecule has 130 valence electrons. The van der Waals surface area contributed by atoms with Crippen LogP contribution in [0.5, 0.6) is 5.75 Å². The van der Waals surface area contributed by atoms with Crippen LogP contribution in [0.1, 0.15) is 30.7 Å². The van der Waals surface area contributed by atoms with Crippen LogP contribution in [0, 0.1) is 0 Å². The van der Waals surface area contributed by atoms with Gasteiger partial charge in [-0.05, 0) is 42.0 Å². The number of fused-ring (bicyclic) bond motifs is 1. The Morgan fingerprint density at radius 1 is 1.36 bits per heavy atom. The van der Waals surface area contributed by atoms with Gasteiger partial charge >= 0.3 is 0 Å². The zero-order valence-electron chi connectivity index (χ0n) is 14.0. The van der Waals surface area contributed by atoms with Gasteiger partial charge in [0.25, 0.3) is 5.56 Å². The molecule has 0 bridgehead atoms. The number of aromatic amines is 1. The summed E-state index contributed by atoms with van der Waals surface area (Å²) in [7, 11) is 1.69. The number of hydrogen-bond acceptors (Lipinski definition) is 5. The standard InChI is InChI=1S/C18H19ClN4O2/c1-10(3-6-16-21-9-15(24)17(20-2)23-16)13-8-11-7-12(19)4-5-14(11)22-18(13)25/h4-5,7-10,24H,3,6H2,1-2H3,(H,22,25)(H,20,21,23)/t10-/m1/s1. The summed E-state index contributed by atoms with van der Waals surface area (Å²) >= 11 is 6.04. The number of nitrogens with one attached hydrogen (secondary N) is 2. The second-order valence-electron chi connectivity index (χ2n) is 6.00. The number of anilines is 1. The van der Waals surface area contributed by atoms with Crippen molar-refractivity contribution in [3.8, 4) is 5.75 Å². The van der Waals surface area contributed by atoms with E-state index in [9.17, 15) is 9.90 Å². The van der Waals surface area contributed by atoms with Crippen molar-refractivity contribution in [1.82, 2.24) is 15.0 Å². The van der Waals surface area contributed by atoms with Gasteiger partial charge in [-0.15, -0.1) is 0 Å². The van der Waals surface area contributed by atoms with Crippen molar-refractivity contribution in [1.29, 1.82) is 0 Å². The lowest BCUT2D eigenvalue weighted by atomic mass is 9.96. The van der Waals surface area contributed by atoms with Crippen LogP contribution in [-0.4, -0.2) is 27.1 Å². The van der Waals surface area contributed by atoms with E-state index in [1.165, 1.54) is 6.20 Å². The predicted octanol–water partition coefficient (Wildman–Crippen LogP) is 3.46. The van der Waals surface area contributed by atoms with Gasteiger partial charge in [0, 0.05) is 29.6 Å². The summed E-state index contributed by atoms with van der Waals surface area (Å²) < 4.78 is 0. The molecule has 1 aromatic carbocycles.